The molecule has 0 heterocycles. The maximum atomic E-state index is 13.7. The number of nitrogens with zero attached hydrogens (tertiary/aromatic N) is 1. The fraction of sp³-hybridized carbons (Fsp3) is 0.256. The maximum Gasteiger partial charge on any atom is 0.408 e. The first-order chi connectivity index (χ1) is 27.1. The molecule has 0 aromatic heterocycles. The van der Waals surface area contributed by atoms with Crippen molar-refractivity contribution >= 4 is 68.7 Å². The molecule has 0 saturated heterocycles. The van der Waals surface area contributed by atoms with Gasteiger partial charge in [-0.25, -0.2) is 19.2 Å². The molecule has 14 nitrogen and oxygen atoms in total. The van der Waals surface area contributed by atoms with Crippen molar-refractivity contribution in [2.45, 2.75) is 58.1 Å². The molecule has 57 heavy (non-hydrogen) atoms. The Morgan fingerprint density at radius 2 is 1.33 bits per heavy atom. The van der Waals surface area contributed by atoms with E-state index in [1.165, 1.54) is 30.3 Å². The quantitative estimate of drug-likeness (QED) is 0.0543. The minimum absolute atomic E-state index is 0.0318. The molecule has 5 aromatic rings. The highest BCUT2D eigenvalue weighted by Gasteiger charge is 2.31. The van der Waals surface area contributed by atoms with Crippen LogP contribution in [-0.4, -0.2) is 75.9 Å². The minimum atomic E-state index is -1.80. The molecule has 14 heteroatoms. The number of carbonyl (C=O) groups excluding carboxylic acids is 3. The highest BCUT2D eigenvalue weighted by atomic mass is 16.6. The summed E-state index contributed by atoms with van der Waals surface area (Å²) >= 11 is 0. The highest BCUT2D eigenvalue weighted by molar-refractivity contribution is 6.40. The first-order valence-electron chi connectivity index (χ1n) is 18.2. The van der Waals surface area contributed by atoms with Gasteiger partial charge >= 0.3 is 29.9 Å². The first-order valence-corrected chi connectivity index (χ1v) is 18.2. The van der Waals surface area contributed by atoms with Crippen LogP contribution in [0, 0.1) is 0 Å². The number of fused-ring (bicyclic) bond motifs is 2. The van der Waals surface area contributed by atoms with Crippen molar-refractivity contribution in [1.29, 1.82) is 0 Å². The van der Waals surface area contributed by atoms with E-state index in [1.807, 2.05) is 24.3 Å². The molecular weight excluding hydrogens is 734 g/mol. The maximum absolute atomic E-state index is 13.7. The Morgan fingerprint density at radius 3 is 2.00 bits per heavy atom. The minimum Gasteiger partial charge on any atom is -0.493 e. The number of para-hydroxylation sites is 1. The van der Waals surface area contributed by atoms with E-state index in [-0.39, 0.29) is 47.8 Å². The predicted octanol–water partition coefficient (Wildman–Crippen LogP) is 6.94. The second-order valence-electron chi connectivity index (χ2n) is 14.2. The Morgan fingerprint density at radius 1 is 0.702 bits per heavy atom. The third kappa shape index (κ3) is 10.4. The molecule has 0 fully saturated rings. The first kappa shape index (κ1) is 41.2. The number of aromatic carboxylic acids is 2. The lowest BCUT2D eigenvalue weighted by Crippen LogP contribution is -2.49. The molecule has 0 aliphatic carbocycles. The van der Waals surface area contributed by atoms with Crippen LogP contribution in [0.15, 0.2) is 97.1 Å². The Hall–Kier alpha value is -6.96. The van der Waals surface area contributed by atoms with Gasteiger partial charge in [0.15, 0.2) is 0 Å². The lowest BCUT2D eigenvalue weighted by atomic mass is 9.96. The summed E-state index contributed by atoms with van der Waals surface area (Å²) < 4.78 is 11.3. The van der Waals surface area contributed by atoms with Gasteiger partial charge < -0.3 is 35.4 Å². The van der Waals surface area contributed by atoms with Crippen LogP contribution in [-0.2, 0) is 25.5 Å². The van der Waals surface area contributed by atoms with Crippen molar-refractivity contribution in [2.75, 3.05) is 18.1 Å². The summed E-state index contributed by atoms with van der Waals surface area (Å²) in [4.78, 5) is 76.6. The SMILES string of the molecule is CC(C)(C)OC(=O)N[C@@H](Cc1ccc(N(C(=O)C(=O)O)c2ccccc2C(=O)O)c2ccccc12)C(=O)NCCCCCOc1cc2ccccc2cc1C(=O)O. The van der Waals surface area contributed by atoms with Crippen molar-refractivity contribution in [3.63, 3.8) is 0 Å². The van der Waals surface area contributed by atoms with E-state index in [9.17, 15) is 44.1 Å². The van der Waals surface area contributed by atoms with E-state index in [4.69, 9.17) is 9.47 Å². The van der Waals surface area contributed by atoms with Crippen molar-refractivity contribution in [3.05, 3.63) is 114 Å². The Balaban J connectivity index is 1.31. The summed E-state index contributed by atoms with van der Waals surface area (Å²) in [6.07, 6.45) is 0.927. The number of carboxylic acid groups (broad SMARTS) is 3. The van der Waals surface area contributed by atoms with Crippen molar-refractivity contribution in [3.8, 4) is 5.75 Å². The van der Waals surface area contributed by atoms with Gasteiger partial charge in [-0.15, -0.1) is 0 Å². The zero-order valence-corrected chi connectivity index (χ0v) is 31.6. The molecule has 0 spiro atoms. The van der Waals surface area contributed by atoms with Crippen LogP contribution >= 0.6 is 0 Å². The molecule has 0 radical (unpaired) electrons. The normalized spacial score (nSPS) is 11.7. The summed E-state index contributed by atoms with van der Waals surface area (Å²) in [6, 6.07) is 24.9. The fourth-order valence-electron chi connectivity index (χ4n) is 6.32. The molecule has 5 rings (SSSR count). The third-order valence-electron chi connectivity index (χ3n) is 8.88. The number of anilines is 2. The topological polar surface area (TPSA) is 209 Å². The van der Waals surface area contributed by atoms with E-state index < -0.39 is 47.5 Å². The molecular formula is C43H43N3O11. The van der Waals surface area contributed by atoms with E-state index in [1.54, 1.807) is 63.2 Å². The smallest absolute Gasteiger partial charge is 0.408 e. The molecule has 0 saturated carbocycles. The Kier molecular flexibility index (Phi) is 13.1. The van der Waals surface area contributed by atoms with Gasteiger partial charge in [-0.05, 0) is 92.1 Å². The van der Waals surface area contributed by atoms with Gasteiger partial charge in [0.05, 0.1) is 23.5 Å². The van der Waals surface area contributed by atoms with Crippen LogP contribution in [0.4, 0.5) is 16.2 Å². The number of amides is 3. The molecule has 0 bridgehead atoms. The van der Waals surface area contributed by atoms with E-state index in [0.717, 1.165) is 15.7 Å². The van der Waals surface area contributed by atoms with E-state index in [0.29, 0.717) is 35.6 Å². The monoisotopic (exact) mass is 777 g/mol. The number of carboxylic acids is 3. The summed E-state index contributed by atoms with van der Waals surface area (Å²) in [6.45, 7) is 5.58. The zero-order valence-electron chi connectivity index (χ0n) is 31.6. The fourth-order valence-corrected chi connectivity index (χ4v) is 6.32. The van der Waals surface area contributed by atoms with Gasteiger partial charge in [-0.1, -0.05) is 66.7 Å². The second kappa shape index (κ2) is 18.1. The molecule has 1 atom stereocenters. The number of benzene rings is 5. The van der Waals surface area contributed by atoms with Crippen molar-refractivity contribution < 1.29 is 53.6 Å². The van der Waals surface area contributed by atoms with Gasteiger partial charge in [-0.2, -0.15) is 0 Å². The van der Waals surface area contributed by atoms with Crippen LogP contribution in [0.3, 0.4) is 0 Å². The number of hydrogen-bond acceptors (Lipinski definition) is 8. The van der Waals surface area contributed by atoms with E-state index in [2.05, 4.69) is 10.6 Å². The van der Waals surface area contributed by atoms with Gasteiger partial charge in [0.1, 0.15) is 23.0 Å². The molecule has 296 valence electrons. The average Bonchev–Trinajstić information content (AvgIpc) is 3.16. The molecule has 0 unspecified atom stereocenters. The molecule has 3 amide bonds. The average molecular weight is 778 g/mol. The third-order valence-corrected chi connectivity index (χ3v) is 8.88. The lowest BCUT2D eigenvalue weighted by Gasteiger charge is -2.26. The Labute approximate surface area is 328 Å². The summed E-state index contributed by atoms with van der Waals surface area (Å²) in [5.74, 6) is -5.85. The number of aliphatic carboxylic acids is 1. The summed E-state index contributed by atoms with van der Waals surface area (Å²) in [7, 11) is 0. The summed E-state index contributed by atoms with van der Waals surface area (Å²) in [5.41, 5.74) is -0.563. The van der Waals surface area contributed by atoms with Gasteiger partial charge in [0.2, 0.25) is 5.91 Å². The molecule has 5 N–H and O–H groups in total. The van der Waals surface area contributed by atoms with Gasteiger partial charge in [0, 0.05) is 18.4 Å². The number of unbranched alkanes of at least 4 members (excludes halogenated alkanes) is 2. The van der Waals surface area contributed by atoms with Crippen LogP contribution < -0.4 is 20.3 Å². The molecule has 5 aromatic carbocycles. The number of hydrogen-bond donors (Lipinski definition) is 5. The highest BCUT2D eigenvalue weighted by Crippen LogP contribution is 2.36. The van der Waals surface area contributed by atoms with Crippen molar-refractivity contribution in [1.82, 2.24) is 10.6 Å². The molecule has 0 aliphatic heterocycles. The Bertz CT molecular complexity index is 2330. The largest absolute Gasteiger partial charge is 0.493 e. The number of ether oxygens (including phenoxy) is 2. The lowest BCUT2D eigenvalue weighted by molar-refractivity contribution is -0.148. The predicted molar refractivity (Wildman–Crippen MR) is 212 cm³/mol. The van der Waals surface area contributed by atoms with Gasteiger partial charge in [0.25, 0.3) is 0 Å². The zero-order chi connectivity index (χ0) is 41.3. The molecule has 0 aliphatic rings. The second-order valence-corrected chi connectivity index (χ2v) is 14.2. The van der Waals surface area contributed by atoms with Crippen LogP contribution in [0.1, 0.15) is 66.3 Å². The summed E-state index contributed by atoms with van der Waals surface area (Å²) in [5, 5.41) is 37.4. The van der Waals surface area contributed by atoms with Crippen LogP contribution in [0.5, 0.6) is 5.75 Å². The number of rotatable bonds is 15. The van der Waals surface area contributed by atoms with Crippen LogP contribution in [0.25, 0.3) is 21.5 Å². The number of nitrogens with one attached hydrogen (secondary N) is 2. The van der Waals surface area contributed by atoms with Crippen molar-refractivity contribution in [2.24, 2.45) is 0 Å². The number of alkyl carbamates (subject to hydrolysis) is 1. The van der Waals surface area contributed by atoms with E-state index >= 15 is 0 Å². The van der Waals surface area contributed by atoms with Gasteiger partial charge in [-0.3, -0.25) is 14.5 Å². The standard InChI is InChI=1S/C43H43N3O11/c1-43(2,3)57-42(55)45-33(37(47)44-21-11-4-12-22-56-36-25-27-14-6-5-13-26(27)23-32(36)40(51)52)24-28-19-20-35(30-16-8-7-15-29(28)30)46(38(48)41(53)54)34-18-10-9-17-31(34)39(49)50/h5-10,13-20,23,25,33H,4,11-12,21-22,24H2,1-3H3,(H,44,47)(H,45,55)(H,49,50)(H,51,52)(H,53,54)/t33-/m0/s1. The van der Waals surface area contributed by atoms with Crippen LogP contribution in [0.2, 0.25) is 0 Å². The number of carbonyl (C=O) groups is 6.